The van der Waals surface area contributed by atoms with Gasteiger partial charge in [0.15, 0.2) is 6.61 Å². The Morgan fingerprint density at radius 1 is 1.15 bits per heavy atom. The monoisotopic (exact) mass is 530 g/mol. The maximum Gasteiger partial charge on any atom is 0.329 e. The first-order valence-electron chi connectivity index (χ1n) is 10.8. The second-order valence-electron chi connectivity index (χ2n) is 7.86. The van der Waals surface area contributed by atoms with Crippen LogP contribution in [0.3, 0.4) is 0 Å². The van der Waals surface area contributed by atoms with Crippen molar-refractivity contribution in [1.29, 1.82) is 0 Å². The lowest BCUT2D eigenvalue weighted by molar-refractivity contribution is -0.139. The summed E-state index contributed by atoms with van der Waals surface area (Å²) in [4.78, 5) is 35.8. The van der Waals surface area contributed by atoms with Crippen LogP contribution >= 0.6 is 15.9 Å². The molecule has 0 aliphatic carbocycles. The van der Waals surface area contributed by atoms with Crippen LogP contribution in [0.5, 0.6) is 5.75 Å². The molecule has 3 N–H and O–H groups in total. The highest BCUT2D eigenvalue weighted by Crippen LogP contribution is 2.25. The third-order valence-corrected chi connectivity index (χ3v) is 5.57. The summed E-state index contributed by atoms with van der Waals surface area (Å²) < 4.78 is 11.9. The smallest absolute Gasteiger partial charge is 0.329 e. The zero-order chi connectivity index (χ0) is 24.5. The van der Waals surface area contributed by atoms with Crippen LogP contribution in [0.15, 0.2) is 46.0 Å². The third-order valence-electron chi connectivity index (χ3n) is 5.11. The molecule has 3 amide bonds. The van der Waals surface area contributed by atoms with Crippen LogP contribution in [0.4, 0.5) is 5.69 Å². The molecule has 9 nitrogen and oxygen atoms in total. The quantitative estimate of drug-likeness (QED) is 0.275. The SMILES string of the molecule is Cc1cc(Br)cc(C)c1NC(=O)COc1ccc(/C=N\NC(=O)C(=O)NC[C@@H]2CCCO2)cc1. The summed E-state index contributed by atoms with van der Waals surface area (Å²) in [5.41, 5.74) is 5.55. The molecule has 0 aromatic heterocycles. The van der Waals surface area contributed by atoms with Gasteiger partial charge in [-0.1, -0.05) is 15.9 Å². The molecule has 0 spiro atoms. The fraction of sp³-hybridized carbons (Fsp3) is 0.333. The molecule has 0 radical (unpaired) electrons. The van der Waals surface area contributed by atoms with Crippen LogP contribution in [0, 0.1) is 13.8 Å². The number of amides is 3. The molecule has 1 fully saturated rings. The molecule has 3 rings (SSSR count). The van der Waals surface area contributed by atoms with Gasteiger partial charge >= 0.3 is 11.8 Å². The van der Waals surface area contributed by atoms with Crippen LogP contribution in [0.25, 0.3) is 0 Å². The highest BCUT2D eigenvalue weighted by molar-refractivity contribution is 9.10. The maximum absolute atomic E-state index is 12.3. The van der Waals surface area contributed by atoms with Crippen LogP contribution in [-0.2, 0) is 19.1 Å². The molecular formula is C24H27BrN4O5. The first kappa shape index (κ1) is 25.4. The van der Waals surface area contributed by atoms with Gasteiger partial charge in [-0.2, -0.15) is 5.10 Å². The number of nitrogens with zero attached hydrogens (tertiary/aromatic N) is 1. The van der Waals surface area contributed by atoms with Gasteiger partial charge in [0.2, 0.25) is 0 Å². The number of carbonyl (C=O) groups excluding carboxylic acids is 3. The number of ether oxygens (including phenoxy) is 2. The van der Waals surface area contributed by atoms with Crippen molar-refractivity contribution in [3.8, 4) is 5.75 Å². The number of carbonyl (C=O) groups is 3. The number of anilines is 1. The van der Waals surface area contributed by atoms with Crippen LogP contribution < -0.4 is 20.8 Å². The minimum Gasteiger partial charge on any atom is -0.484 e. The van der Waals surface area contributed by atoms with Crippen LogP contribution in [0.1, 0.15) is 29.5 Å². The van der Waals surface area contributed by atoms with Gasteiger partial charge in [0.1, 0.15) is 5.75 Å². The molecular weight excluding hydrogens is 504 g/mol. The van der Waals surface area contributed by atoms with Crippen LogP contribution in [-0.4, -0.2) is 49.8 Å². The van der Waals surface area contributed by atoms with Gasteiger partial charge in [-0.05, 0) is 79.8 Å². The molecule has 2 aromatic rings. The Bertz CT molecular complexity index is 1040. The van der Waals surface area contributed by atoms with Gasteiger partial charge in [0.05, 0.1) is 12.3 Å². The number of rotatable bonds is 8. The second kappa shape index (κ2) is 12.3. The average molecular weight is 531 g/mol. The third kappa shape index (κ3) is 7.67. The van der Waals surface area contributed by atoms with Gasteiger partial charge in [-0.25, -0.2) is 5.43 Å². The number of nitrogens with one attached hydrogen (secondary N) is 3. The summed E-state index contributed by atoms with van der Waals surface area (Å²) in [6.45, 7) is 4.69. The van der Waals surface area contributed by atoms with Crippen molar-refractivity contribution in [2.75, 3.05) is 25.1 Å². The van der Waals surface area contributed by atoms with Crippen molar-refractivity contribution in [1.82, 2.24) is 10.7 Å². The van der Waals surface area contributed by atoms with Gasteiger partial charge < -0.3 is 20.1 Å². The molecule has 180 valence electrons. The molecule has 34 heavy (non-hydrogen) atoms. The lowest BCUT2D eigenvalue weighted by atomic mass is 10.1. The standard InChI is InChI=1S/C24H27BrN4O5/c1-15-10-18(25)11-16(2)22(15)28-21(30)14-34-19-7-5-17(6-8-19)12-27-29-24(32)23(31)26-13-20-4-3-9-33-20/h5-8,10-12,20H,3-4,9,13-14H2,1-2H3,(H,26,31)(H,28,30)(H,29,32)/b27-12-/t20-/m0/s1. The number of halogens is 1. The summed E-state index contributed by atoms with van der Waals surface area (Å²) >= 11 is 3.44. The maximum atomic E-state index is 12.3. The van der Waals surface area contributed by atoms with Crippen molar-refractivity contribution in [2.45, 2.75) is 32.8 Å². The summed E-state index contributed by atoms with van der Waals surface area (Å²) in [6.07, 6.45) is 3.19. The van der Waals surface area contributed by atoms with E-state index in [1.54, 1.807) is 24.3 Å². The minimum atomic E-state index is -0.850. The molecule has 10 heteroatoms. The minimum absolute atomic E-state index is 0.0407. The van der Waals surface area contributed by atoms with Crippen molar-refractivity contribution < 1.29 is 23.9 Å². The highest BCUT2D eigenvalue weighted by Gasteiger charge is 2.19. The van der Waals surface area contributed by atoms with E-state index in [4.69, 9.17) is 9.47 Å². The van der Waals surface area contributed by atoms with Crippen molar-refractivity contribution >= 4 is 45.6 Å². The second-order valence-corrected chi connectivity index (χ2v) is 8.78. The van der Waals surface area contributed by atoms with Crippen molar-refractivity contribution in [2.24, 2.45) is 5.10 Å². The van der Waals surface area contributed by atoms with E-state index in [0.717, 1.165) is 34.1 Å². The number of benzene rings is 2. The Balaban J connectivity index is 1.41. The van der Waals surface area contributed by atoms with E-state index in [-0.39, 0.29) is 18.6 Å². The first-order chi connectivity index (χ1) is 16.3. The van der Waals surface area contributed by atoms with E-state index < -0.39 is 11.8 Å². The number of hydrogen-bond acceptors (Lipinski definition) is 6. The molecule has 0 saturated carbocycles. The van der Waals surface area contributed by atoms with Gasteiger partial charge in [-0.15, -0.1) is 0 Å². The Hall–Kier alpha value is -3.24. The Labute approximate surface area is 206 Å². The molecule has 1 heterocycles. The zero-order valence-corrected chi connectivity index (χ0v) is 20.6. The lowest BCUT2D eigenvalue weighted by Crippen LogP contribution is -2.41. The molecule has 1 aliphatic rings. The molecule has 1 aliphatic heterocycles. The molecule has 0 unspecified atom stereocenters. The van der Waals surface area contributed by atoms with Crippen molar-refractivity contribution in [3.05, 3.63) is 57.6 Å². The molecule has 0 bridgehead atoms. The number of hydrogen-bond donors (Lipinski definition) is 3. The predicted molar refractivity (Wildman–Crippen MR) is 132 cm³/mol. The topological polar surface area (TPSA) is 118 Å². The Kier molecular flexibility index (Phi) is 9.17. The van der Waals surface area contributed by atoms with E-state index in [2.05, 4.69) is 37.1 Å². The average Bonchev–Trinajstić information content (AvgIpc) is 3.33. The molecule has 1 saturated heterocycles. The van der Waals surface area contributed by atoms with E-state index in [9.17, 15) is 14.4 Å². The summed E-state index contributed by atoms with van der Waals surface area (Å²) in [5, 5.41) is 9.19. The van der Waals surface area contributed by atoms with E-state index >= 15 is 0 Å². The van der Waals surface area contributed by atoms with E-state index in [1.807, 2.05) is 26.0 Å². The fourth-order valence-corrected chi connectivity index (χ4v) is 4.08. The largest absolute Gasteiger partial charge is 0.484 e. The molecule has 1 atom stereocenters. The first-order valence-corrected chi connectivity index (χ1v) is 11.6. The zero-order valence-electron chi connectivity index (χ0n) is 19.0. The summed E-state index contributed by atoms with van der Waals surface area (Å²) in [6, 6.07) is 10.7. The number of aryl methyl sites for hydroxylation is 2. The Morgan fingerprint density at radius 2 is 1.85 bits per heavy atom. The van der Waals surface area contributed by atoms with Gasteiger partial charge in [-0.3, -0.25) is 14.4 Å². The van der Waals surface area contributed by atoms with Crippen molar-refractivity contribution in [3.63, 3.8) is 0 Å². The van der Waals surface area contributed by atoms with Gasteiger partial charge in [0, 0.05) is 23.3 Å². The number of hydrazone groups is 1. The van der Waals surface area contributed by atoms with E-state index in [0.29, 0.717) is 24.5 Å². The summed E-state index contributed by atoms with van der Waals surface area (Å²) in [7, 11) is 0. The van der Waals surface area contributed by atoms with E-state index in [1.165, 1.54) is 6.21 Å². The summed E-state index contributed by atoms with van der Waals surface area (Å²) in [5.74, 6) is -1.37. The Morgan fingerprint density at radius 3 is 2.50 bits per heavy atom. The lowest BCUT2D eigenvalue weighted by Gasteiger charge is -2.13. The highest BCUT2D eigenvalue weighted by atomic mass is 79.9. The predicted octanol–water partition coefficient (Wildman–Crippen LogP) is 2.83. The fourth-order valence-electron chi connectivity index (χ4n) is 3.39. The van der Waals surface area contributed by atoms with Crippen LogP contribution in [0.2, 0.25) is 0 Å². The normalized spacial score (nSPS) is 15.2. The molecule has 2 aromatic carbocycles. The van der Waals surface area contributed by atoms with Gasteiger partial charge in [0.25, 0.3) is 5.91 Å².